The molecule has 17 heavy (non-hydrogen) atoms. The minimum Gasteiger partial charge on any atom is -0.382 e. The lowest BCUT2D eigenvalue weighted by molar-refractivity contribution is 0.00426. The smallest absolute Gasteiger partial charge is 0.194 e. The molecular weight excluding hydrogens is 212 g/mol. The summed E-state index contributed by atoms with van der Waals surface area (Å²) in [4.78, 5) is 12.3. The Kier molecular flexibility index (Phi) is 3.34. The van der Waals surface area contributed by atoms with Gasteiger partial charge in [-0.3, -0.25) is 4.79 Å². The molecule has 0 aromatic heterocycles. The number of Topliss-reactive ketones (excluding diaryl/α,β-unsaturated/α-hetero) is 1. The summed E-state index contributed by atoms with van der Waals surface area (Å²) in [7, 11) is 0. The van der Waals surface area contributed by atoms with E-state index in [0.29, 0.717) is 24.3 Å². The standard InChI is InChI=1S/C15H20O2/c1-11-3-5-13(6-4-11)14(16)15(17)9-7-12(2)8-10-15/h3-6,12,17H,7-10H2,1-2H3. The molecule has 0 saturated heterocycles. The highest BCUT2D eigenvalue weighted by molar-refractivity contribution is 6.02. The van der Waals surface area contributed by atoms with Crippen molar-refractivity contribution in [2.24, 2.45) is 5.92 Å². The van der Waals surface area contributed by atoms with Crippen molar-refractivity contribution in [3.05, 3.63) is 35.4 Å². The highest BCUT2D eigenvalue weighted by Crippen LogP contribution is 2.34. The molecule has 1 N–H and O–H groups in total. The first kappa shape index (κ1) is 12.3. The molecule has 1 saturated carbocycles. The second kappa shape index (κ2) is 4.61. The lowest BCUT2D eigenvalue weighted by atomic mass is 9.76. The van der Waals surface area contributed by atoms with Gasteiger partial charge < -0.3 is 5.11 Å². The van der Waals surface area contributed by atoms with Gasteiger partial charge >= 0.3 is 0 Å². The van der Waals surface area contributed by atoms with Gasteiger partial charge in [-0.2, -0.15) is 0 Å². The van der Waals surface area contributed by atoms with Crippen LogP contribution in [0.3, 0.4) is 0 Å². The minimum absolute atomic E-state index is 0.107. The maximum Gasteiger partial charge on any atom is 0.194 e. The van der Waals surface area contributed by atoms with Crippen LogP contribution in [0.1, 0.15) is 48.5 Å². The Hall–Kier alpha value is -1.15. The van der Waals surface area contributed by atoms with E-state index in [1.165, 1.54) is 0 Å². The Balaban J connectivity index is 2.16. The summed E-state index contributed by atoms with van der Waals surface area (Å²) in [5.41, 5.74) is 0.639. The van der Waals surface area contributed by atoms with Gasteiger partial charge in [0, 0.05) is 5.56 Å². The first-order valence-corrected chi connectivity index (χ1v) is 6.35. The molecule has 2 rings (SSSR count). The summed E-state index contributed by atoms with van der Waals surface area (Å²) in [5, 5.41) is 10.4. The number of rotatable bonds is 2. The van der Waals surface area contributed by atoms with Crippen molar-refractivity contribution in [2.75, 3.05) is 0 Å². The van der Waals surface area contributed by atoms with Crippen molar-refractivity contribution in [3.8, 4) is 0 Å². The van der Waals surface area contributed by atoms with Gasteiger partial charge in [-0.15, -0.1) is 0 Å². The molecule has 0 atom stereocenters. The SMILES string of the molecule is Cc1ccc(C(=O)C2(O)CCC(C)CC2)cc1. The van der Waals surface area contributed by atoms with E-state index in [9.17, 15) is 9.90 Å². The number of hydrogen-bond acceptors (Lipinski definition) is 2. The molecule has 0 heterocycles. The van der Waals surface area contributed by atoms with Crippen molar-refractivity contribution in [1.82, 2.24) is 0 Å². The molecule has 1 aliphatic rings. The Morgan fingerprint density at radius 3 is 2.29 bits per heavy atom. The maximum absolute atomic E-state index is 12.3. The van der Waals surface area contributed by atoms with Crippen LogP contribution in [0.2, 0.25) is 0 Å². The summed E-state index contributed by atoms with van der Waals surface area (Å²) in [5.74, 6) is 0.519. The molecule has 1 aromatic carbocycles. The Labute approximate surface area is 103 Å². The molecular formula is C15H20O2. The van der Waals surface area contributed by atoms with Crippen molar-refractivity contribution in [1.29, 1.82) is 0 Å². The third-order valence-corrected chi connectivity index (χ3v) is 3.84. The van der Waals surface area contributed by atoms with Crippen molar-refractivity contribution in [3.63, 3.8) is 0 Å². The number of aryl methyl sites for hydroxylation is 1. The maximum atomic E-state index is 12.3. The zero-order chi connectivity index (χ0) is 12.5. The lowest BCUT2D eigenvalue weighted by Crippen LogP contribution is -2.41. The van der Waals surface area contributed by atoms with E-state index in [-0.39, 0.29) is 5.78 Å². The quantitative estimate of drug-likeness (QED) is 0.795. The van der Waals surface area contributed by atoms with Crippen molar-refractivity contribution >= 4 is 5.78 Å². The summed E-state index contributed by atoms with van der Waals surface area (Å²) in [6.45, 7) is 4.17. The summed E-state index contributed by atoms with van der Waals surface area (Å²) in [6.07, 6.45) is 3.07. The molecule has 0 spiro atoms. The average molecular weight is 232 g/mol. The third-order valence-electron chi connectivity index (χ3n) is 3.84. The molecule has 0 aliphatic heterocycles. The van der Waals surface area contributed by atoms with Crippen LogP contribution in [0, 0.1) is 12.8 Å². The Morgan fingerprint density at radius 2 is 1.76 bits per heavy atom. The molecule has 1 aliphatic carbocycles. The fourth-order valence-electron chi connectivity index (χ4n) is 2.44. The Morgan fingerprint density at radius 1 is 1.24 bits per heavy atom. The number of ketones is 1. The number of aliphatic hydroxyl groups is 1. The number of benzene rings is 1. The van der Waals surface area contributed by atoms with Gasteiger partial charge in [0.15, 0.2) is 5.78 Å². The van der Waals surface area contributed by atoms with Crippen LogP contribution in [0.15, 0.2) is 24.3 Å². The average Bonchev–Trinajstić information content (AvgIpc) is 2.33. The highest BCUT2D eigenvalue weighted by Gasteiger charge is 2.39. The zero-order valence-electron chi connectivity index (χ0n) is 10.6. The fraction of sp³-hybridized carbons (Fsp3) is 0.533. The summed E-state index contributed by atoms with van der Waals surface area (Å²) < 4.78 is 0. The first-order chi connectivity index (χ1) is 8.01. The van der Waals surface area contributed by atoms with Gasteiger partial charge in [0.2, 0.25) is 0 Å². The lowest BCUT2D eigenvalue weighted by Gasteiger charge is -2.33. The van der Waals surface area contributed by atoms with E-state index in [2.05, 4.69) is 6.92 Å². The normalized spacial score (nSPS) is 29.0. The number of hydrogen-bond donors (Lipinski definition) is 1. The molecule has 1 fully saturated rings. The van der Waals surface area contributed by atoms with E-state index >= 15 is 0 Å². The van der Waals surface area contributed by atoms with Crippen LogP contribution in [-0.4, -0.2) is 16.5 Å². The second-order valence-electron chi connectivity index (χ2n) is 5.41. The number of carbonyl (C=O) groups excluding carboxylic acids is 1. The third kappa shape index (κ3) is 2.58. The zero-order valence-corrected chi connectivity index (χ0v) is 10.6. The van der Waals surface area contributed by atoms with E-state index in [1.807, 2.05) is 31.2 Å². The van der Waals surface area contributed by atoms with Crippen LogP contribution in [0.5, 0.6) is 0 Å². The second-order valence-corrected chi connectivity index (χ2v) is 5.41. The predicted octanol–water partition coefficient (Wildman–Crippen LogP) is 3.12. The minimum atomic E-state index is -1.12. The van der Waals surface area contributed by atoms with E-state index in [4.69, 9.17) is 0 Å². The monoisotopic (exact) mass is 232 g/mol. The molecule has 0 unspecified atom stereocenters. The Bertz CT molecular complexity index is 397. The summed E-state index contributed by atoms with van der Waals surface area (Å²) >= 11 is 0. The fourth-order valence-corrected chi connectivity index (χ4v) is 2.44. The predicted molar refractivity (Wildman–Crippen MR) is 68.1 cm³/mol. The molecule has 0 amide bonds. The molecule has 1 aromatic rings. The molecule has 2 nitrogen and oxygen atoms in total. The van der Waals surface area contributed by atoms with Crippen LogP contribution < -0.4 is 0 Å². The molecule has 0 bridgehead atoms. The van der Waals surface area contributed by atoms with E-state index in [1.54, 1.807) is 0 Å². The van der Waals surface area contributed by atoms with Gasteiger partial charge in [-0.25, -0.2) is 0 Å². The molecule has 0 radical (unpaired) electrons. The van der Waals surface area contributed by atoms with Crippen LogP contribution >= 0.6 is 0 Å². The van der Waals surface area contributed by atoms with Gasteiger partial charge in [0.1, 0.15) is 5.60 Å². The van der Waals surface area contributed by atoms with Gasteiger partial charge in [-0.05, 0) is 38.5 Å². The van der Waals surface area contributed by atoms with Gasteiger partial charge in [0.05, 0.1) is 0 Å². The van der Waals surface area contributed by atoms with Gasteiger partial charge in [-0.1, -0.05) is 36.8 Å². The van der Waals surface area contributed by atoms with Crippen LogP contribution in [0.4, 0.5) is 0 Å². The molecule has 2 heteroatoms. The molecule has 92 valence electrons. The first-order valence-electron chi connectivity index (χ1n) is 6.35. The van der Waals surface area contributed by atoms with Crippen molar-refractivity contribution < 1.29 is 9.90 Å². The van der Waals surface area contributed by atoms with Crippen molar-refractivity contribution in [2.45, 2.75) is 45.1 Å². The van der Waals surface area contributed by atoms with E-state index in [0.717, 1.165) is 18.4 Å². The summed E-state index contributed by atoms with van der Waals surface area (Å²) in [6, 6.07) is 7.46. The largest absolute Gasteiger partial charge is 0.382 e. The topological polar surface area (TPSA) is 37.3 Å². The van der Waals surface area contributed by atoms with Gasteiger partial charge in [0.25, 0.3) is 0 Å². The van der Waals surface area contributed by atoms with E-state index < -0.39 is 5.60 Å². The van der Waals surface area contributed by atoms with Crippen LogP contribution in [0.25, 0.3) is 0 Å². The highest BCUT2D eigenvalue weighted by atomic mass is 16.3. The number of carbonyl (C=O) groups is 1. The van der Waals surface area contributed by atoms with Crippen LogP contribution in [-0.2, 0) is 0 Å².